The summed E-state index contributed by atoms with van der Waals surface area (Å²) >= 11 is 5.80. The number of hydrazone groups is 1. The van der Waals surface area contributed by atoms with Crippen molar-refractivity contribution >= 4 is 23.2 Å². The van der Waals surface area contributed by atoms with Crippen LogP contribution in [-0.2, 0) is 0 Å². The fourth-order valence-electron chi connectivity index (χ4n) is 1.85. The summed E-state index contributed by atoms with van der Waals surface area (Å²) < 4.78 is 5.02. The summed E-state index contributed by atoms with van der Waals surface area (Å²) in [4.78, 5) is 12.0. The molecule has 0 saturated carbocycles. The molecule has 0 aliphatic heterocycles. The van der Waals surface area contributed by atoms with E-state index in [2.05, 4.69) is 10.5 Å². The fourth-order valence-corrected chi connectivity index (χ4v) is 2.02. The number of rotatable bonds is 4. The maximum absolute atomic E-state index is 12.0. The highest BCUT2D eigenvalue weighted by Crippen LogP contribution is 2.26. The van der Waals surface area contributed by atoms with Crippen LogP contribution in [0, 0.1) is 0 Å². The molecule has 120 valence electrons. The second-order valence-electron chi connectivity index (χ2n) is 4.69. The average Bonchev–Trinajstić information content (AvgIpc) is 2.55. The van der Waals surface area contributed by atoms with Crippen molar-refractivity contribution in [2.45, 2.75) is 6.92 Å². The van der Waals surface area contributed by atoms with Crippen LogP contribution in [0.2, 0.25) is 5.02 Å². The zero-order valence-corrected chi connectivity index (χ0v) is 13.3. The molecule has 2 aromatic carbocycles. The van der Waals surface area contributed by atoms with Crippen molar-refractivity contribution < 1.29 is 19.7 Å². The van der Waals surface area contributed by atoms with E-state index in [9.17, 15) is 15.0 Å². The molecule has 7 heteroatoms. The van der Waals surface area contributed by atoms with Crippen molar-refractivity contribution in [2.75, 3.05) is 7.11 Å². The number of carbonyl (C=O) groups excluding carboxylic acids is 1. The maximum Gasteiger partial charge on any atom is 0.275 e. The molecule has 2 aromatic rings. The molecule has 23 heavy (non-hydrogen) atoms. The molecule has 0 atom stereocenters. The number of methoxy groups -OCH3 is 1. The van der Waals surface area contributed by atoms with E-state index in [1.54, 1.807) is 19.1 Å². The molecular weight excluding hydrogens is 320 g/mol. The van der Waals surface area contributed by atoms with Crippen LogP contribution in [-0.4, -0.2) is 28.9 Å². The Morgan fingerprint density at radius 3 is 2.57 bits per heavy atom. The van der Waals surface area contributed by atoms with E-state index in [1.807, 2.05) is 0 Å². The van der Waals surface area contributed by atoms with Crippen molar-refractivity contribution in [1.82, 2.24) is 5.43 Å². The Hall–Kier alpha value is -2.73. The lowest BCUT2D eigenvalue weighted by atomic mass is 10.1. The molecule has 0 aliphatic rings. The van der Waals surface area contributed by atoms with Crippen molar-refractivity contribution in [1.29, 1.82) is 0 Å². The molecule has 0 aromatic heterocycles. The summed E-state index contributed by atoms with van der Waals surface area (Å²) in [6, 6.07) is 8.86. The van der Waals surface area contributed by atoms with Gasteiger partial charge in [-0.3, -0.25) is 4.79 Å². The van der Waals surface area contributed by atoms with Gasteiger partial charge in [0.15, 0.2) is 11.5 Å². The molecule has 0 unspecified atom stereocenters. The Morgan fingerprint density at radius 2 is 1.87 bits per heavy atom. The Bertz CT molecular complexity index is 775. The van der Waals surface area contributed by atoms with Crippen LogP contribution in [0.15, 0.2) is 41.5 Å². The third kappa shape index (κ3) is 3.92. The highest BCUT2D eigenvalue weighted by Gasteiger charge is 2.11. The van der Waals surface area contributed by atoms with E-state index in [4.69, 9.17) is 16.3 Å². The lowest BCUT2D eigenvalue weighted by Gasteiger charge is -2.07. The molecular formula is C16H15ClN2O4. The highest BCUT2D eigenvalue weighted by atomic mass is 35.5. The number of hydrogen-bond donors (Lipinski definition) is 3. The number of hydrogen-bond acceptors (Lipinski definition) is 5. The van der Waals surface area contributed by atoms with E-state index in [0.29, 0.717) is 22.0 Å². The third-order valence-corrected chi connectivity index (χ3v) is 3.36. The van der Waals surface area contributed by atoms with Crippen LogP contribution in [0.5, 0.6) is 17.2 Å². The lowest BCUT2D eigenvalue weighted by molar-refractivity contribution is 0.0952. The topological polar surface area (TPSA) is 91.2 Å². The van der Waals surface area contributed by atoms with Crippen LogP contribution in [0.3, 0.4) is 0 Å². The van der Waals surface area contributed by atoms with Gasteiger partial charge in [-0.2, -0.15) is 5.10 Å². The fraction of sp³-hybridized carbons (Fsp3) is 0.125. The second kappa shape index (κ2) is 7.02. The van der Waals surface area contributed by atoms with Gasteiger partial charge in [0.2, 0.25) is 0 Å². The minimum absolute atomic E-state index is 0.0111. The number of phenolic OH excluding ortho intramolecular Hbond substituents is 2. The minimum Gasteiger partial charge on any atom is -0.507 e. The van der Waals surface area contributed by atoms with Crippen molar-refractivity contribution in [3.8, 4) is 17.2 Å². The first-order valence-corrected chi connectivity index (χ1v) is 7.00. The van der Waals surface area contributed by atoms with Crippen LogP contribution < -0.4 is 10.2 Å². The Kier molecular flexibility index (Phi) is 5.08. The van der Waals surface area contributed by atoms with Crippen molar-refractivity contribution in [3.05, 3.63) is 52.5 Å². The molecule has 2 rings (SSSR count). The molecule has 0 saturated heterocycles. The summed E-state index contributed by atoms with van der Waals surface area (Å²) in [5, 5.41) is 23.5. The quantitative estimate of drug-likeness (QED) is 0.592. The zero-order valence-electron chi connectivity index (χ0n) is 12.5. The number of carbonyl (C=O) groups is 1. The molecule has 0 radical (unpaired) electrons. The normalized spacial score (nSPS) is 11.2. The molecule has 0 bridgehead atoms. The Labute approximate surface area is 138 Å². The maximum atomic E-state index is 12.0. The molecule has 0 heterocycles. The van der Waals surface area contributed by atoms with E-state index in [0.717, 1.165) is 0 Å². The summed E-state index contributed by atoms with van der Waals surface area (Å²) in [7, 11) is 1.44. The molecule has 1 amide bonds. The smallest absolute Gasteiger partial charge is 0.275 e. The number of aromatic hydroxyl groups is 2. The van der Waals surface area contributed by atoms with Crippen molar-refractivity contribution in [2.24, 2.45) is 5.10 Å². The van der Waals surface area contributed by atoms with Crippen LogP contribution >= 0.6 is 11.6 Å². The minimum atomic E-state index is -0.588. The van der Waals surface area contributed by atoms with Gasteiger partial charge >= 0.3 is 0 Å². The van der Waals surface area contributed by atoms with Gasteiger partial charge in [0.1, 0.15) is 5.75 Å². The number of halogens is 1. The first kappa shape index (κ1) is 16.6. The summed E-state index contributed by atoms with van der Waals surface area (Å²) in [5.41, 5.74) is 3.53. The summed E-state index contributed by atoms with van der Waals surface area (Å²) in [5.74, 6) is -0.464. The van der Waals surface area contributed by atoms with Gasteiger partial charge in [-0.25, -0.2) is 5.43 Å². The van der Waals surface area contributed by atoms with Gasteiger partial charge in [-0.15, -0.1) is 0 Å². The van der Waals surface area contributed by atoms with Gasteiger partial charge in [0, 0.05) is 10.6 Å². The van der Waals surface area contributed by atoms with Crippen LogP contribution in [0.25, 0.3) is 0 Å². The number of phenols is 2. The third-order valence-electron chi connectivity index (χ3n) is 3.13. The molecule has 0 fully saturated rings. The van der Waals surface area contributed by atoms with E-state index >= 15 is 0 Å². The van der Waals surface area contributed by atoms with Crippen LogP contribution in [0.1, 0.15) is 22.8 Å². The number of amides is 1. The van der Waals surface area contributed by atoms with Crippen LogP contribution in [0.4, 0.5) is 0 Å². The molecule has 3 N–H and O–H groups in total. The van der Waals surface area contributed by atoms with Gasteiger partial charge < -0.3 is 14.9 Å². The standard InChI is InChI=1S/C16H15ClN2O4/c1-9(10-3-5-14(21)15(7-10)23-2)18-19-16(22)12-8-11(17)4-6-13(12)20/h3-8,20-21H,1-2H3,(H,19,22)/b18-9+. The highest BCUT2D eigenvalue weighted by molar-refractivity contribution is 6.31. The predicted octanol–water partition coefficient (Wildman–Crippen LogP) is 2.91. The van der Waals surface area contributed by atoms with E-state index in [-0.39, 0.29) is 17.1 Å². The predicted molar refractivity (Wildman–Crippen MR) is 87.5 cm³/mol. The number of ether oxygens (including phenoxy) is 1. The lowest BCUT2D eigenvalue weighted by Crippen LogP contribution is -2.19. The van der Waals surface area contributed by atoms with Crippen molar-refractivity contribution in [3.63, 3.8) is 0 Å². The summed E-state index contributed by atoms with van der Waals surface area (Å²) in [6.45, 7) is 1.68. The van der Waals surface area contributed by atoms with Gasteiger partial charge in [-0.1, -0.05) is 11.6 Å². The monoisotopic (exact) mass is 334 g/mol. The molecule has 6 nitrogen and oxygen atoms in total. The van der Waals surface area contributed by atoms with Gasteiger partial charge in [0.25, 0.3) is 5.91 Å². The largest absolute Gasteiger partial charge is 0.507 e. The average molecular weight is 335 g/mol. The first-order chi connectivity index (χ1) is 10.9. The molecule has 0 aliphatic carbocycles. The number of nitrogens with one attached hydrogen (secondary N) is 1. The SMILES string of the molecule is COc1cc(/C(C)=N/NC(=O)c2cc(Cl)ccc2O)ccc1O. The number of nitrogens with zero attached hydrogens (tertiary/aromatic N) is 1. The Morgan fingerprint density at radius 1 is 1.17 bits per heavy atom. The first-order valence-electron chi connectivity index (χ1n) is 6.63. The Balaban J connectivity index is 2.19. The number of benzene rings is 2. The van der Waals surface area contributed by atoms with Gasteiger partial charge in [-0.05, 0) is 43.3 Å². The van der Waals surface area contributed by atoms with Gasteiger partial charge in [0.05, 0.1) is 18.4 Å². The molecule has 0 spiro atoms. The summed E-state index contributed by atoms with van der Waals surface area (Å²) in [6.07, 6.45) is 0. The van der Waals surface area contributed by atoms with E-state index in [1.165, 1.54) is 31.4 Å². The zero-order chi connectivity index (χ0) is 17.0. The second-order valence-corrected chi connectivity index (χ2v) is 5.12. The van der Waals surface area contributed by atoms with E-state index < -0.39 is 5.91 Å².